The highest BCUT2D eigenvalue weighted by molar-refractivity contribution is 5.88. The molecular weight excluding hydrogens is 278 g/mol. The lowest BCUT2D eigenvalue weighted by Crippen LogP contribution is -2.52. The topological polar surface area (TPSA) is 99.2 Å². The number of nitrogens with zero attached hydrogens (tertiary/aromatic N) is 2. The summed E-state index contributed by atoms with van der Waals surface area (Å²) < 4.78 is 4.85. The van der Waals surface area contributed by atoms with Gasteiger partial charge in [-0.1, -0.05) is 0 Å². The number of hydrogen-bond donors (Lipinski definition) is 2. The van der Waals surface area contributed by atoms with E-state index in [2.05, 4.69) is 5.32 Å². The van der Waals surface area contributed by atoms with Gasteiger partial charge < -0.3 is 25.0 Å². The molecule has 120 valence electrons. The van der Waals surface area contributed by atoms with Gasteiger partial charge in [0, 0.05) is 26.7 Å². The fourth-order valence-corrected chi connectivity index (χ4v) is 2.17. The van der Waals surface area contributed by atoms with Crippen LogP contribution in [-0.2, 0) is 14.3 Å². The van der Waals surface area contributed by atoms with E-state index >= 15 is 0 Å². The van der Waals surface area contributed by atoms with Gasteiger partial charge in [-0.15, -0.1) is 0 Å². The third kappa shape index (κ3) is 5.58. The molecule has 1 unspecified atom stereocenters. The first-order chi connectivity index (χ1) is 9.95. The molecular formula is C13H23N3O5. The molecule has 1 fully saturated rings. The van der Waals surface area contributed by atoms with Gasteiger partial charge in [-0.3, -0.25) is 9.59 Å². The van der Waals surface area contributed by atoms with E-state index in [1.165, 1.54) is 7.11 Å². The summed E-state index contributed by atoms with van der Waals surface area (Å²) in [5.41, 5.74) is 0. The van der Waals surface area contributed by atoms with Gasteiger partial charge in [0.1, 0.15) is 12.6 Å². The number of rotatable bonds is 7. The van der Waals surface area contributed by atoms with Gasteiger partial charge in [-0.25, -0.2) is 4.79 Å². The number of carboxylic acids is 1. The zero-order valence-electron chi connectivity index (χ0n) is 12.5. The quantitative estimate of drug-likeness (QED) is 0.675. The zero-order valence-corrected chi connectivity index (χ0v) is 12.5. The number of amides is 3. The predicted octanol–water partition coefficient (Wildman–Crippen LogP) is -0.260. The molecule has 2 N–H and O–H groups in total. The number of ether oxygens (including phenoxy) is 1. The van der Waals surface area contributed by atoms with Crippen molar-refractivity contribution in [2.75, 3.05) is 39.9 Å². The standard InChI is InChI=1S/C13H23N3O5/c1-10(12(19)15-5-3-4-6-15)14-13(20)16(7-8-21-2)9-11(17)18/h10H,3-9H2,1-2H3,(H,14,20)(H,17,18). The van der Waals surface area contributed by atoms with Crippen molar-refractivity contribution in [1.82, 2.24) is 15.1 Å². The zero-order chi connectivity index (χ0) is 15.8. The number of carboxylic acid groups (broad SMARTS) is 1. The monoisotopic (exact) mass is 301 g/mol. The maximum atomic E-state index is 12.1. The molecule has 1 heterocycles. The molecule has 8 nitrogen and oxygen atoms in total. The largest absolute Gasteiger partial charge is 0.480 e. The van der Waals surface area contributed by atoms with Crippen LogP contribution >= 0.6 is 0 Å². The molecule has 1 atom stereocenters. The molecule has 0 aromatic heterocycles. The maximum absolute atomic E-state index is 12.1. The van der Waals surface area contributed by atoms with Gasteiger partial charge in [0.25, 0.3) is 0 Å². The van der Waals surface area contributed by atoms with Crippen LogP contribution in [0.15, 0.2) is 0 Å². The first kappa shape index (κ1) is 17.2. The highest BCUT2D eigenvalue weighted by Gasteiger charge is 2.26. The molecule has 1 aliphatic heterocycles. The van der Waals surface area contributed by atoms with Crippen LogP contribution in [0.25, 0.3) is 0 Å². The van der Waals surface area contributed by atoms with Gasteiger partial charge in [0.05, 0.1) is 6.61 Å². The summed E-state index contributed by atoms with van der Waals surface area (Å²) in [4.78, 5) is 37.7. The molecule has 8 heteroatoms. The van der Waals surface area contributed by atoms with Crippen LogP contribution in [0.1, 0.15) is 19.8 Å². The van der Waals surface area contributed by atoms with E-state index in [1.54, 1.807) is 11.8 Å². The Labute approximate surface area is 124 Å². The first-order valence-corrected chi connectivity index (χ1v) is 7.00. The van der Waals surface area contributed by atoms with Crippen LogP contribution in [-0.4, -0.2) is 78.8 Å². The van der Waals surface area contributed by atoms with Crippen LogP contribution in [0.4, 0.5) is 4.79 Å². The first-order valence-electron chi connectivity index (χ1n) is 7.00. The fourth-order valence-electron chi connectivity index (χ4n) is 2.17. The van der Waals surface area contributed by atoms with E-state index in [4.69, 9.17) is 9.84 Å². The SMILES string of the molecule is COCCN(CC(=O)O)C(=O)NC(C)C(=O)N1CCCC1. The molecule has 1 aliphatic rings. The summed E-state index contributed by atoms with van der Waals surface area (Å²) in [6, 6.07) is -1.25. The number of aliphatic carboxylic acids is 1. The lowest BCUT2D eigenvalue weighted by atomic mass is 10.3. The number of hydrogen-bond acceptors (Lipinski definition) is 4. The second-order valence-corrected chi connectivity index (χ2v) is 5.01. The number of carbonyl (C=O) groups excluding carboxylic acids is 2. The van der Waals surface area contributed by atoms with Gasteiger partial charge in [-0.05, 0) is 19.8 Å². The summed E-state index contributed by atoms with van der Waals surface area (Å²) in [6.07, 6.45) is 1.96. The molecule has 0 bridgehead atoms. The van der Waals surface area contributed by atoms with Crippen molar-refractivity contribution in [3.63, 3.8) is 0 Å². The second kappa shape index (κ2) is 8.46. The van der Waals surface area contributed by atoms with Crippen molar-refractivity contribution in [2.24, 2.45) is 0 Å². The normalized spacial score (nSPS) is 15.6. The molecule has 0 spiro atoms. The summed E-state index contributed by atoms with van der Waals surface area (Å²) in [5, 5.41) is 11.4. The summed E-state index contributed by atoms with van der Waals surface area (Å²) in [5.74, 6) is -1.25. The summed E-state index contributed by atoms with van der Waals surface area (Å²) >= 11 is 0. The van der Waals surface area contributed by atoms with E-state index in [0.717, 1.165) is 17.7 Å². The highest BCUT2D eigenvalue weighted by atomic mass is 16.5. The van der Waals surface area contributed by atoms with Gasteiger partial charge in [0.15, 0.2) is 0 Å². The van der Waals surface area contributed by atoms with E-state index in [9.17, 15) is 14.4 Å². The predicted molar refractivity (Wildman–Crippen MR) is 74.9 cm³/mol. The van der Waals surface area contributed by atoms with Crippen LogP contribution in [0, 0.1) is 0 Å². The number of nitrogens with one attached hydrogen (secondary N) is 1. The average molecular weight is 301 g/mol. The second-order valence-electron chi connectivity index (χ2n) is 5.01. The Morgan fingerprint density at radius 3 is 2.48 bits per heavy atom. The van der Waals surface area contributed by atoms with Crippen molar-refractivity contribution >= 4 is 17.9 Å². The molecule has 0 aliphatic carbocycles. The minimum atomic E-state index is -1.11. The van der Waals surface area contributed by atoms with E-state index in [-0.39, 0.29) is 19.1 Å². The number of methoxy groups -OCH3 is 1. The molecule has 0 aromatic carbocycles. The van der Waals surface area contributed by atoms with Crippen molar-refractivity contribution in [1.29, 1.82) is 0 Å². The van der Waals surface area contributed by atoms with Crippen LogP contribution in [0.2, 0.25) is 0 Å². The van der Waals surface area contributed by atoms with E-state index in [1.807, 2.05) is 0 Å². The molecule has 21 heavy (non-hydrogen) atoms. The van der Waals surface area contributed by atoms with Crippen LogP contribution in [0.3, 0.4) is 0 Å². The Bertz CT molecular complexity index is 382. The highest BCUT2D eigenvalue weighted by Crippen LogP contribution is 2.09. The molecule has 0 saturated carbocycles. The van der Waals surface area contributed by atoms with Crippen molar-refractivity contribution in [2.45, 2.75) is 25.8 Å². The Hall–Kier alpha value is -1.83. The Morgan fingerprint density at radius 1 is 1.33 bits per heavy atom. The van der Waals surface area contributed by atoms with Gasteiger partial charge in [0.2, 0.25) is 5.91 Å². The third-order valence-corrected chi connectivity index (χ3v) is 3.31. The number of carbonyl (C=O) groups is 3. The maximum Gasteiger partial charge on any atom is 0.323 e. The van der Waals surface area contributed by atoms with E-state index < -0.39 is 24.6 Å². The van der Waals surface area contributed by atoms with Crippen LogP contribution < -0.4 is 5.32 Å². The summed E-state index contributed by atoms with van der Waals surface area (Å²) in [6.45, 7) is 2.98. The van der Waals surface area contributed by atoms with Crippen LogP contribution in [0.5, 0.6) is 0 Å². The third-order valence-electron chi connectivity index (χ3n) is 3.31. The van der Waals surface area contributed by atoms with Crippen molar-refractivity contribution < 1.29 is 24.2 Å². The smallest absolute Gasteiger partial charge is 0.323 e. The number of likely N-dealkylation sites (tertiary alicyclic amines) is 1. The Balaban J connectivity index is 2.53. The van der Waals surface area contributed by atoms with Crippen molar-refractivity contribution in [3.8, 4) is 0 Å². The minimum Gasteiger partial charge on any atom is -0.480 e. The number of urea groups is 1. The molecule has 1 rings (SSSR count). The van der Waals surface area contributed by atoms with Gasteiger partial charge in [-0.2, -0.15) is 0 Å². The molecule has 0 aromatic rings. The van der Waals surface area contributed by atoms with E-state index in [0.29, 0.717) is 13.1 Å². The van der Waals surface area contributed by atoms with Crippen molar-refractivity contribution in [3.05, 3.63) is 0 Å². The lowest BCUT2D eigenvalue weighted by Gasteiger charge is -2.25. The minimum absolute atomic E-state index is 0.136. The Kier molecular flexibility index (Phi) is 6.93. The summed E-state index contributed by atoms with van der Waals surface area (Å²) in [7, 11) is 1.47. The molecule has 0 radical (unpaired) electrons. The average Bonchev–Trinajstić information content (AvgIpc) is 2.95. The molecule has 3 amide bonds. The van der Waals surface area contributed by atoms with Gasteiger partial charge >= 0.3 is 12.0 Å². The fraction of sp³-hybridized carbons (Fsp3) is 0.769. The Morgan fingerprint density at radius 2 is 1.95 bits per heavy atom. The lowest BCUT2D eigenvalue weighted by molar-refractivity contribution is -0.137. The molecule has 1 saturated heterocycles.